The zero-order chi connectivity index (χ0) is 9.19. The van der Waals surface area contributed by atoms with Crippen LogP contribution in [0, 0.1) is 5.41 Å². The Kier molecular flexibility index (Phi) is 2.73. The molecule has 0 unspecified atom stereocenters. The van der Waals surface area contributed by atoms with Crippen LogP contribution in [0.1, 0.15) is 26.2 Å². The lowest BCUT2D eigenvalue weighted by molar-refractivity contribution is -0.138. The van der Waals surface area contributed by atoms with Crippen molar-refractivity contribution in [3.8, 4) is 0 Å². The van der Waals surface area contributed by atoms with Crippen LogP contribution in [-0.4, -0.2) is 36.1 Å². The molecule has 1 fully saturated rings. The van der Waals surface area contributed by atoms with Gasteiger partial charge in [-0.15, -0.1) is 0 Å². The number of hydrogen-bond donors (Lipinski definition) is 1. The van der Waals surface area contributed by atoms with Crippen LogP contribution < -0.4 is 0 Å². The van der Waals surface area contributed by atoms with E-state index in [2.05, 4.69) is 11.8 Å². The van der Waals surface area contributed by atoms with Gasteiger partial charge < -0.3 is 10.0 Å². The summed E-state index contributed by atoms with van der Waals surface area (Å²) in [5, 5.41) is 8.66. The third-order valence-electron chi connectivity index (χ3n) is 2.63. The van der Waals surface area contributed by atoms with Crippen LogP contribution in [0.3, 0.4) is 0 Å². The summed E-state index contributed by atoms with van der Waals surface area (Å²) in [6.07, 6.45) is 2.52. The molecule has 1 aliphatic rings. The molecule has 1 aliphatic carbocycles. The minimum absolute atomic E-state index is 0.122. The standard InChI is InChI=1S/C9H17NO2/c1-3-10(2)7-9(4-5-9)6-8(11)12/h3-7H2,1-2H3,(H,11,12). The van der Waals surface area contributed by atoms with E-state index in [0.717, 1.165) is 25.9 Å². The largest absolute Gasteiger partial charge is 0.481 e. The summed E-state index contributed by atoms with van der Waals surface area (Å²) in [6.45, 7) is 4.04. The van der Waals surface area contributed by atoms with Crippen molar-refractivity contribution in [3.05, 3.63) is 0 Å². The van der Waals surface area contributed by atoms with Gasteiger partial charge in [-0.25, -0.2) is 0 Å². The van der Waals surface area contributed by atoms with Crippen molar-refractivity contribution in [3.63, 3.8) is 0 Å². The Balaban J connectivity index is 2.34. The Morgan fingerprint density at radius 2 is 2.17 bits per heavy atom. The Bertz CT molecular complexity index is 175. The van der Waals surface area contributed by atoms with E-state index in [0.29, 0.717) is 6.42 Å². The van der Waals surface area contributed by atoms with E-state index in [1.807, 2.05) is 7.05 Å². The maximum Gasteiger partial charge on any atom is 0.303 e. The molecule has 0 aromatic carbocycles. The van der Waals surface area contributed by atoms with Crippen LogP contribution in [0.4, 0.5) is 0 Å². The Morgan fingerprint density at radius 1 is 1.58 bits per heavy atom. The van der Waals surface area contributed by atoms with E-state index in [1.165, 1.54) is 0 Å². The van der Waals surface area contributed by atoms with E-state index in [-0.39, 0.29) is 5.41 Å². The first-order valence-corrected chi connectivity index (χ1v) is 4.48. The highest BCUT2D eigenvalue weighted by molar-refractivity contribution is 5.68. The van der Waals surface area contributed by atoms with Gasteiger partial charge in [-0.1, -0.05) is 6.92 Å². The van der Waals surface area contributed by atoms with Gasteiger partial charge in [0.1, 0.15) is 0 Å². The number of carboxylic acids is 1. The number of carbonyl (C=O) groups is 1. The number of carboxylic acid groups (broad SMARTS) is 1. The second kappa shape index (κ2) is 3.44. The van der Waals surface area contributed by atoms with E-state index in [9.17, 15) is 4.79 Å². The zero-order valence-electron chi connectivity index (χ0n) is 7.84. The second-order valence-corrected chi connectivity index (χ2v) is 3.90. The molecule has 3 nitrogen and oxygen atoms in total. The highest BCUT2D eigenvalue weighted by atomic mass is 16.4. The molecule has 0 atom stereocenters. The fraction of sp³-hybridized carbons (Fsp3) is 0.889. The highest BCUT2D eigenvalue weighted by Crippen LogP contribution is 2.49. The van der Waals surface area contributed by atoms with Gasteiger partial charge in [0.05, 0.1) is 6.42 Å². The molecule has 0 amide bonds. The van der Waals surface area contributed by atoms with Crippen LogP contribution >= 0.6 is 0 Å². The molecular weight excluding hydrogens is 154 g/mol. The van der Waals surface area contributed by atoms with Crippen LogP contribution in [-0.2, 0) is 4.79 Å². The Labute approximate surface area is 73.4 Å². The minimum atomic E-state index is -0.656. The van der Waals surface area contributed by atoms with Gasteiger partial charge in [-0.2, -0.15) is 0 Å². The number of nitrogens with zero attached hydrogens (tertiary/aromatic N) is 1. The number of rotatable bonds is 5. The molecule has 0 spiro atoms. The Hall–Kier alpha value is -0.570. The lowest BCUT2D eigenvalue weighted by Crippen LogP contribution is -2.28. The maximum atomic E-state index is 10.5. The minimum Gasteiger partial charge on any atom is -0.481 e. The molecule has 1 saturated carbocycles. The van der Waals surface area contributed by atoms with Crippen LogP contribution in [0.2, 0.25) is 0 Å². The average Bonchev–Trinajstić information content (AvgIpc) is 2.67. The quantitative estimate of drug-likeness (QED) is 0.675. The molecule has 3 heteroatoms. The molecule has 0 saturated heterocycles. The predicted molar refractivity (Wildman–Crippen MR) is 47.1 cm³/mol. The fourth-order valence-corrected chi connectivity index (χ4v) is 1.57. The van der Waals surface area contributed by atoms with E-state index in [4.69, 9.17) is 5.11 Å². The van der Waals surface area contributed by atoms with E-state index < -0.39 is 5.97 Å². The first kappa shape index (κ1) is 9.52. The monoisotopic (exact) mass is 171 g/mol. The molecule has 0 aliphatic heterocycles. The SMILES string of the molecule is CCN(C)CC1(CC(=O)O)CC1. The normalized spacial score (nSPS) is 19.6. The third kappa shape index (κ3) is 2.48. The topological polar surface area (TPSA) is 40.5 Å². The molecule has 1 N–H and O–H groups in total. The first-order valence-electron chi connectivity index (χ1n) is 4.48. The van der Waals surface area contributed by atoms with Gasteiger partial charge in [-0.3, -0.25) is 4.79 Å². The van der Waals surface area contributed by atoms with Gasteiger partial charge >= 0.3 is 5.97 Å². The van der Waals surface area contributed by atoms with Gasteiger partial charge in [0.2, 0.25) is 0 Å². The van der Waals surface area contributed by atoms with Gasteiger partial charge in [0.15, 0.2) is 0 Å². The van der Waals surface area contributed by atoms with Crippen molar-refractivity contribution in [2.45, 2.75) is 26.2 Å². The van der Waals surface area contributed by atoms with Crippen molar-refractivity contribution >= 4 is 5.97 Å². The number of aliphatic carboxylic acids is 1. The van der Waals surface area contributed by atoms with Crippen molar-refractivity contribution in [1.29, 1.82) is 0 Å². The molecule has 0 heterocycles. The molecule has 0 radical (unpaired) electrons. The van der Waals surface area contributed by atoms with Crippen molar-refractivity contribution < 1.29 is 9.90 Å². The summed E-state index contributed by atoms with van der Waals surface area (Å²) < 4.78 is 0. The Morgan fingerprint density at radius 3 is 2.50 bits per heavy atom. The summed E-state index contributed by atoms with van der Waals surface area (Å²) in [5.41, 5.74) is 0.122. The van der Waals surface area contributed by atoms with E-state index >= 15 is 0 Å². The van der Waals surface area contributed by atoms with Crippen molar-refractivity contribution in [2.24, 2.45) is 5.41 Å². The van der Waals surface area contributed by atoms with Gasteiger partial charge in [0, 0.05) is 6.54 Å². The summed E-state index contributed by atoms with van der Waals surface area (Å²) in [6, 6.07) is 0. The molecule has 0 aromatic heterocycles. The van der Waals surface area contributed by atoms with E-state index in [1.54, 1.807) is 0 Å². The summed E-state index contributed by atoms with van der Waals surface area (Å²) in [4.78, 5) is 12.7. The second-order valence-electron chi connectivity index (χ2n) is 3.90. The highest BCUT2D eigenvalue weighted by Gasteiger charge is 2.44. The summed E-state index contributed by atoms with van der Waals surface area (Å²) in [5.74, 6) is -0.656. The molecule has 1 rings (SSSR count). The fourth-order valence-electron chi connectivity index (χ4n) is 1.57. The van der Waals surface area contributed by atoms with Gasteiger partial charge in [0.25, 0.3) is 0 Å². The first-order chi connectivity index (χ1) is 5.58. The van der Waals surface area contributed by atoms with Crippen LogP contribution in [0.5, 0.6) is 0 Å². The lowest BCUT2D eigenvalue weighted by Gasteiger charge is -2.20. The predicted octanol–water partition coefficient (Wildman–Crippen LogP) is 1.19. The third-order valence-corrected chi connectivity index (χ3v) is 2.63. The molecule has 12 heavy (non-hydrogen) atoms. The van der Waals surface area contributed by atoms with Crippen LogP contribution in [0.25, 0.3) is 0 Å². The smallest absolute Gasteiger partial charge is 0.303 e. The average molecular weight is 171 g/mol. The van der Waals surface area contributed by atoms with Crippen LogP contribution in [0.15, 0.2) is 0 Å². The van der Waals surface area contributed by atoms with Crippen molar-refractivity contribution in [1.82, 2.24) is 4.90 Å². The summed E-state index contributed by atoms with van der Waals surface area (Å²) in [7, 11) is 2.04. The summed E-state index contributed by atoms with van der Waals surface area (Å²) >= 11 is 0. The lowest BCUT2D eigenvalue weighted by atomic mass is 10.0. The molecule has 0 aromatic rings. The maximum absolute atomic E-state index is 10.5. The van der Waals surface area contributed by atoms with Crippen molar-refractivity contribution in [2.75, 3.05) is 20.1 Å². The van der Waals surface area contributed by atoms with Gasteiger partial charge in [-0.05, 0) is 31.8 Å². The molecular formula is C9H17NO2. The number of hydrogen-bond acceptors (Lipinski definition) is 2. The molecule has 70 valence electrons. The zero-order valence-corrected chi connectivity index (χ0v) is 7.84. The molecule has 0 bridgehead atoms.